The van der Waals surface area contributed by atoms with E-state index < -0.39 is 49.6 Å². The van der Waals surface area contributed by atoms with Gasteiger partial charge in [-0.05, 0) is 12.8 Å². The van der Waals surface area contributed by atoms with E-state index in [0.29, 0.717) is 12.8 Å². The Bertz CT molecular complexity index is 595. The van der Waals surface area contributed by atoms with Crippen LogP contribution in [0, 0.1) is 0 Å². The van der Waals surface area contributed by atoms with Crippen LogP contribution in [0.3, 0.4) is 0 Å². The Labute approximate surface area is 293 Å². The number of aliphatic hydroxyl groups is 6. The highest BCUT2D eigenvalue weighted by Gasteiger charge is 2.29. The summed E-state index contributed by atoms with van der Waals surface area (Å²) in [5.41, 5.74) is 0. The summed E-state index contributed by atoms with van der Waals surface area (Å²) in [6.07, 6.45) is 28.1. The Morgan fingerprint density at radius 3 is 0.729 bits per heavy atom. The van der Waals surface area contributed by atoms with Crippen LogP contribution >= 0.6 is 0 Å². The lowest BCUT2D eigenvalue weighted by molar-refractivity contribution is -0.138. The summed E-state index contributed by atoms with van der Waals surface area (Å²) in [6, 6.07) is 0. The Hall–Kier alpha value is -1.30. The van der Waals surface area contributed by atoms with E-state index in [2.05, 4.69) is 13.8 Å². The number of carbonyl (C=O) groups is 2. The highest BCUT2D eigenvalue weighted by atomic mass is 16.4. The molecule has 0 aliphatic rings. The van der Waals surface area contributed by atoms with Crippen molar-refractivity contribution in [1.82, 2.24) is 0 Å². The topological polar surface area (TPSA) is 196 Å². The third-order valence-corrected chi connectivity index (χ3v) is 8.50. The number of rotatable bonds is 33. The van der Waals surface area contributed by atoms with Crippen LogP contribution < -0.4 is 0 Å². The minimum absolute atomic E-state index is 0.345. The van der Waals surface area contributed by atoms with Gasteiger partial charge in [0, 0.05) is 12.8 Å². The minimum Gasteiger partial charge on any atom is -0.481 e. The number of hydrogen-bond donors (Lipinski definition) is 8. The van der Waals surface area contributed by atoms with Crippen LogP contribution in [0.4, 0.5) is 0 Å². The standard InChI is InChI=1S/2C16H32O2.C6H14O6/c2*1-2-3-4-5-6-7-8-9-10-11-12-13-14-15-16(17)18;7-1-3(9)5(11)6(12)4(10)2-8/h2*2-15H2,1H3,(H,17,18);3-12H,1-2H2/t;;3-,4+,5-,6-/m..1/s1. The summed E-state index contributed by atoms with van der Waals surface area (Å²) < 4.78 is 0. The number of carboxylic acids is 2. The van der Waals surface area contributed by atoms with Crippen LogP contribution in [0.15, 0.2) is 0 Å². The predicted molar refractivity (Wildman–Crippen MR) is 194 cm³/mol. The van der Waals surface area contributed by atoms with E-state index >= 15 is 0 Å². The monoisotopic (exact) mass is 695 g/mol. The number of aliphatic hydroxyl groups excluding tert-OH is 6. The number of carboxylic acid groups (broad SMARTS) is 2. The third kappa shape index (κ3) is 42.7. The maximum atomic E-state index is 10.3. The summed E-state index contributed by atoms with van der Waals surface area (Å²) in [5, 5.41) is 69.2. The fraction of sp³-hybridized carbons (Fsp3) is 0.947. The first kappa shape index (κ1) is 51.1. The molecule has 0 radical (unpaired) electrons. The molecule has 0 saturated heterocycles. The van der Waals surface area contributed by atoms with E-state index in [1.807, 2.05) is 0 Å². The molecule has 10 heteroatoms. The molecule has 0 spiro atoms. The molecule has 0 aromatic heterocycles. The number of unbranched alkanes of at least 4 members (excludes halogenated alkanes) is 24. The lowest BCUT2D eigenvalue weighted by atomic mass is 10.0. The number of aliphatic carboxylic acids is 2. The van der Waals surface area contributed by atoms with Crippen molar-refractivity contribution in [3.8, 4) is 0 Å². The first-order chi connectivity index (χ1) is 23.1. The second kappa shape index (κ2) is 41.9. The van der Waals surface area contributed by atoms with Crippen molar-refractivity contribution in [1.29, 1.82) is 0 Å². The second-order valence-corrected chi connectivity index (χ2v) is 13.3. The molecule has 48 heavy (non-hydrogen) atoms. The molecule has 0 bridgehead atoms. The maximum Gasteiger partial charge on any atom is 0.303 e. The van der Waals surface area contributed by atoms with Gasteiger partial charge >= 0.3 is 11.9 Å². The van der Waals surface area contributed by atoms with Crippen molar-refractivity contribution >= 4 is 11.9 Å². The lowest BCUT2D eigenvalue weighted by Gasteiger charge is -2.24. The van der Waals surface area contributed by atoms with Crippen molar-refractivity contribution in [2.24, 2.45) is 0 Å². The second-order valence-electron chi connectivity index (χ2n) is 13.3. The SMILES string of the molecule is CCCCCCCCCCCCCCCC(=O)O.CCCCCCCCCCCCCCCC(=O)O.OC[C@@H](O)[C@@H](O)[C@H](O)[C@@H](O)CO. The number of hydrogen-bond acceptors (Lipinski definition) is 8. The molecule has 0 saturated carbocycles. The highest BCUT2D eigenvalue weighted by molar-refractivity contribution is 5.66. The lowest BCUT2D eigenvalue weighted by Crippen LogP contribution is -2.46. The Morgan fingerprint density at radius 2 is 0.562 bits per heavy atom. The molecule has 4 atom stereocenters. The van der Waals surface area contributed by atoms with Crippen LogP contribution in [0.25, 0.3) is 0 Å². The van der Waals surface area contributed by atoms with Crippen molar-refractivity contribution < 1.29 is 50.4 Å². The zero-order chi connectivity index (χ0) is 36.7. The highest BCUT2D eigenvalue weighted by Crippen LogP contribution is 2.14. The van der Waals surface area contributed by atoms with Crippen molar-refractivity contribution in [2.45, 2.75) is 218 Å². The molecule has 290 valence electrons. The van der Waals surface area contributed by atoms with Crippen LogP contribution in [-0.4, -0.2) is 90.4 Å². The molecule has 0 heterocycles. The van der Waals surface area contributed by atoms with E-state index in [-0.39, 0.29) is 0 Å². The normalized spacial score (nSPS) is 13.4. The smallest absolute Gasteiger partial charge is 0.303 e. The van der Waals surface area contributed by atoms with Gasteiger partial charge in [-0.25, -0.2) is 0 Å². The summed E-state index contributed by atoms with van der Waals surface area (Å²) in [5.74, 6) is -1.31. The quantitative estimate of drug-likeness (QED) is 0.0318. The van der Waals surface area contributed by atoms with Crippen LogP contribution in [0.2, 0.25) is 0 Å². The zero-order valence-corrected chi connectivity index (χ0v) is 30.9. The van der Waals surface area contributed by atoms with E-state index in [1.165, 1.54) is 141 Å². The zero-order valence-electron chi connectivity index (χ0n) is 30.9. The first-order valence-electron chi connectivity index (χ1n) is 19.5. The fourth-order valence-corrected chi connectivity index (χ4v) is 5.26. The average molecular weight is 695 g/mol. The Morgan fingerprint density at radius 1 is 0.375 bits per heavy atom. The summed E-state index contributed by atoms with van der Waals surface area (Å²) >= 11 is 0. The van der Waals surface area contributed by atoms with Gasteiger partial charge in [0.05, 0.1) is 13.2 Å². The van der Waals surface area contributed by atoms with Gasteiger partial charge in [0.25, 0.3) is 0 Å². The average Bonchev–Trinajstić information content (AvgIpc) is 3.07. The molecular formula is C38H78O10. The fourth-order valence-electron chi connectivity index (χ4n) is 5.26. The summed E-state index contributed by atoms with van der Waals surface area (Å²) in [7, 11) is 0. The van der Waals surface area contributed by atoms with Gasteiger partial charge in [-0.15, -0.1) is 0 Å². The largest absolute Gasteiger partial charge is 0.481 e. The molecule has 0 aromatic rings. The molecule has 0 fully saturated rings. The van der Waals surface area contributed by atoms with Crippen LogP contribution in [-0.2, 0) is 9.59 Å². The molecule has 8 N–H and O–H groups in total. The van der Waals surface area contributed by atoms with Gasteiger partial charge < -0.3 is 40.9 Å². The van der Waals surface area contributed by atoms with Crippen LogP contribution in [0.5, 0.6) is 0 Å². The molecule has 0 amide bonds. The summed E-state index contributed by atoms with van der Waals surface area (Å²) in [4.78, 5) is 20.6. The molecule has 10 nitrogen and oxygen atoms in total. The first-order valence-corrected chi connectivity index (χ1v) is 19.5. The minimum atomic E-state index is -1.67. The van der Waals surface area contributed by atoms with Gasteiger partial charge in [0.1, 0.15) is 24.4 Å². The van der Waals surface area contributed by atoms with Gasteiger partial charge in [-0.3, -0.25) is 9.59 Å². The Balaban J connectivity index is -0.000000647. The van der Waals surface area contributed by atoms with Crippen molar-refractivity contribution in [3.05, 3.63) is 0 Å². The predicted octanol–water partition coefficient (Wildman–Crippen LogP) is 7.52. The van der Waals surface area contributed by atoms with Gasteiger partial charge in [-0.1, -0.05) is 168 Å². The maximum absolute atomic E-state index is 10.3. The van der Waals surface area contributed by atoms with Crippen LogP contribution in [0.1, 0.15) is 194 Å². The van der Waals surface area contributed by atoms with Crippen molar-refractivity contribution in [3.63, 3.8) is 0 Å². The van der Waals surface area contributed by atoms with E-state index in [1.54, 1.807) is 0 Å². The van der Waals surface area contributed by atoms with Gasteiger partial charge in [-0.2, -0.15) is 0 Å². The molecule has 0 aromatic carbocycles. The molecule has 0 aliphatic carbocycles. The van der Waals surface area contributed by atoms with E-state index in [4.69, 9.17) is 40.9 Å². The van der Waals surface area contributed by atoms with Gasteiger partial charge in [0.2, 0.25) is 0 Å². The molecule has 0 aliphatic heterocycles. The van der Waals surface area contributed by atoms with Crippen molar-refractivity contribution in [2.75, 3.05) is 13.2 Å². The summed E-state index contributed by atoms with van der Waals surface area (Å²) in [6.45, 7) is 3.07. The third-order valence-electron chi connectivity index (χ3n) is 8.50. The molecule has 0 unspecified atom stereocenters. The van der Waals surface area contributed by atoms with Gasteiger partial charge in [0.15, 0.2) is 0 Å². The van der Waals surface area contributed by atoms with E-state index in [9.17, 15) is 9.59 Å². The molecule has 0 rings (SSSR count). The van der Waals surface area contributed by atoms with E-state index in [0.717, 1.165) is 25.7 Å². The molecular weight excluding hydrogens is 616 g/mol. The Kier molecular flexibility index (Phi) is 44.5.